The van der Waals surface area contributed by atoms with E-state index < -0.39 is 6.61 Å². The van der Waals surface area contributed by atoms with Crippen LogP contribution in [0.1, 0.15) is 16.7 Å². The number of alkyl halides is 2. The summed E-state index contributed by atoms with van der Waals surface area (Å²) in [7, 11) is 4.78. The van der Waals surface area contributed by atoms with Crippen LogP contribution in [0.3, 0.4) is 0 Å². The van der Waals surface area contributed by atoms with Gasteiger partial charge in [-0.05, 0) is 42.3 Å². The van der Waals surface area contributed by atoms with Gasteiger partial charge in [0, 0.05) is 25.7 Å². The maximum absolute atomic E-state index is 12.6. The summed E-state index contributed by atoms with van der Waals surface area (Å²) in [6.45, 7) is -0.144. The summed E-state index contributed by atoms with van der Waals surface area (Å²) >= 11 is 0. The van der Waals surface area contributed by atoms with Gasteiger partial charge in [-0.3, -0.25) is 4.99 Å². The monoisotopic (exact) mass is 393 g/mol. The molecule has 2 aromatic carbocycles. The van der Waals surface area contributed by atoms with E-state index in [0.29, 0.717) is 23.8 Å². The summed E-state index contributed by atoms with van der Waals surface area (Å²) < 4.78 is 40.2. The first-order chi connectivity index (χ1) is 13.5. The molecule has 0 bridgehead atoms. The van der Waals surface area contributed by atoms with Crippen molar-refractivity contribution in [2.75, 3.05) is 21.3 Å². The van der Waals surface area contributed by atoms with Gasteiger partial charge in [0.1, 0.15) is 17.2 Å². The first-order valence-electron chi connectivity index (χ1n) is 8.66. The minimum Gasteiger partial charge on any atom is -0.497 e. The van der Waals surface area contributed by atoms with Crippen LogP contribution in [0.5, 0.6) is 17.2 Å². The minimum atomic E-state index is -2.90. The lowest BCUT2D eigenvalue weighted by Gasteiger charge is -2.16. The van der Waals surface area contributed by atoms with Crippen molar-refractivity contribution in [1.29, 1.82) is 0 Å². The Morgan fingerprint density at radius 1 is 1.00 bits per heavy atom. The van der Waals surface area contributed by atoms with E-state index in [1.54, 1.807) is 26.3 Å². The van der Waals surface area contributed by atoms with Crippen LogP contribution >= 0.6 is 0 Å². The van der Waals surface area contributed by atoms with Crippen LogP contribution in [0, 0.1) is 6.92 Å². The van der Waals surface area contributed by atoms with Gasteiger partial charge in [0.25, 0.3) is 0 Å². The molecule has 2 aromatic rings. The highest BCUT2D eigenvalue weighted by Gasteiger charge is 2.12. The second-order valence-electron chi connectivity index (χ2n) is 5.94. The van der Waals surface area contributed by atoms with Crippen LogP contribution in [-0.2, 0) is 13.1 Å². The predicted octanol–water partition coefficient (Wildman–Crippen LogP) is 3.48. The smallest absolute Gasteiger partial charge is 0.387 e. The normalized spacial score (nSPS) is 11.3. The summed E-state index contributed by atoms with van der Waals surface area (Å²) in [4.78, 5) is 4.16. The number of aryl methyl sites for hydroxylation is 1. The fraction of sp³-hybridized carbons (Fsp3) is 0.350. The Labute approximate surface area is 163 Å². The highest BCUT2D eigenvalue weighted by molar-refractivity contribution is 5.79. The lowest BCUT2D eigenvalue weighted by molar-refractivity contribution is -0.0504. The van der Waals surface area contributed by atoms with Crippen LogP contribution in [0.4, 0.5) is 8.78 Å². The minimum absolute atomic E-state index is 0.0875. The first-order valence-corrected chi connectivity index (χ1v) is 8.66. The highest BCUT2D eigenvalue weighted by Crippen LogP contribution is 2.25. The lowest BCUT2D eigenvalue weighted by atomic mass is 10.1. The highest BCUT2D eigenvalue weighted by atomic mass is 19.3. The third-order valence-corrected chi connectivity index (χ3v) is 4.07. The molecule has 2 N–H and O–H groups in total. The fourth-order valence-corrected chi connectivity index (χ4v) is 2.67. The van der Waals surface area contributed by atoms with Gasteiger partial charge in [0.2, 0.25) is 0 Å². The SMILES string of the molecule is CN=C(NCc1ccc(OC)c(C)c1)NCc1cc(OC)ccc1OC(F)F. The van der Waals surface area contributed by atoms with Gasteiger partial charge in [0.05, 0.1) is 14.2 Å². The summed E-state index contributed by atoms with van der Waals surface area (Å²) in [6.07, 6.45) is 0. The van der Waals surface area contributed by atoms with Gasteiger partial charge in [-0.2, -0.15) is 8.78 Å². The third-order valence-electron chi connectivity index (χ3n) is 4.07. The Hall–Kier alpha value is -3.03. The molecule has 152 valence electrons. The standard InChI is InChI=1S/C20H25F2N3O3/c1-13-9-14(5-7-17(13)27-4)11-24-20(23-2)25-12-15-10-16(26-3)6-8-18(15)28-19(21)22/h5-10,19H,11-12H2,1-4H3,(H2,23,24,25). The van der Waals surface area contributed by atoms with E-state index in [9.17, 15) is 8.78 Å². The molecular weight excluding hydrogens is 368 g/mol. The largest absolute Gasteiger partial charge is 0.497 e. The summed E-state index contributed by atoms with van der Waals surface area (Å²) in [5.74, 6) is 2.00. The van der Waals surface area contributed by atoms with Gasteiger partial charge >= 0.3 is 6.61 Å². The molecule has 2 rings (SSSR count). The van der Waals surface area contributed by atoms with Crippen molar-refractivity contribution in [1.82, 2.24) is 10.6 Å². The Morgan fingerprint density at radius 3 is 2.32 bits per heavy atom. The summed E-state index contributed by atoms with van der Waals surface area (Å²) in [6, 6.07) is 10.6. The number of nitrogens with one attached hydrogen (secondary N) is 2. The Balaban J connectivity index is 2.01. The topological polar surface area (TPSA) is 64.1 Å². The molecule has 0 aliphatic carbocycles. The zero-order valence-electron chi connectivity index (χ0n) is 16.4. The number of guanidine groups is 1. The Morgan fingerprint density at radius 2 is 1.71 bits per heavy atom. The number of methoxy groups -OCH3 is 2. The molecule has 0 spiro atoms. The molecule has 0 saturated carbocycles. The van der Waals surface area contributed by atoms with E-state index >= 15 is 0 Å². The van der Waals surface area contributed by atoms with Crippen molar-refractivity contribution in [3.63, 3.8) is 0 Å². The van der Waals surface area contributed by atoms with Crippen molar-refractivity contribution in [2.45, 2.75) is 26.6 Å². The average molecular weight is 393 g/mol. The predicted molar refractivity (Wildman–Crippen MR) is 104 cm³/mol. The van der Waals surface area contributed by atoms with Crippen molar-refractivity contribution in [3.05, 3.63) is 53.1 Å². The van der Waals surface area contributed by atoms with E-state index in [4.69, 9.17) is 9.47 Å². The fourth-order valence-electron chi connectivity index (χ4n) is 2.67. The van der Waals surface area contributed by atoms with E-state index in [-0.39, 0.29) is 12.3 Å². The molecule has 0 fully saturated rings. The van der Waals surface area contributed by atoms with Gasteiger partial charge < -0.3 is 24.8 Å². The molecule has 0 aliphatic rings. The van der Waals surface area contributed by atoms with Gasteiger partial charge in [-0.1, -0.05) is 12.1 Å². The number of rotatable bonds is 8. The van der Waals surface area contributed by atoms with Crippen LogP contribution < -0.4 is 24.8 Å². The molecule has 0 saturated heterocycles. The molecule has 0 aromatic heterocycles. The third kappa shape index (κ3) is 6.00. The molecule has 0 unspecified atom stereocenters. The van der Waals surface area contributed by atoms with E-state index in [0.717, 1.165) is 16.9 Å². The maximum atomic E-state index is 12.6. The Kier molecular flexibility index (Phi) is 7.86. The zero-order chi connectivity index (χ0) is 20.5. The molecule has 0 amide bonds. The number of aliphatic imine (C=N–C) groups is 1. The molecule has 0 radical (unpaired) electrons. The van der Waals surface area contributed by atoms with Gasteiger partial charge in [-0.25, -0.2) is 0 Å². The average Bonchev–Trinajstić information content (AvgIpc) is 2.68. The van der Waals surface area contributed by atoms with E-state index in [1.165, 1.54) is 13.2 Å². The lowest BCUT2D eigenvalue weighted by Crippen LogP contribution is -2.36. The van der Waals surface area contributed by atoms with Crippen molar-refractivity contribution < 1.29 is 23.0 Å². The molecule has 0 atom stereocenters. The number of hydrogen-bond donors (Lipinski definition) is 2. The first kappa shape index (κ1) is 21.3. The van der Waals surface area contributed by atoms with Crippen molar-refractivity contribution >= 4 is 5.96 Å². The second-order valence-corrected chi connectivity index (χ2v) is 5.94. The second kappa shape index (κ2) is 10.3. The summed E-state index contributed by atoms with van der Waals surface area (Å²) in [5.41, 5.74) is 2.63. The number of benzene rings is 2. The van der Waals surface area contributed by atoms with Crippen LogP contribution in [0.25, 0.3) is 0 Å². The number of hydrogen-bond acceptors (Lipinski definition) is 4. The number of halogens is 2. The van der Waals surface area contributed by atoms with Crippen LogP contribution in [0.15, 0.2) is 41.4 Å². The van der Waals surface area contributed by atoms with Crippen LogP contribution in [-0.4, -0.2) is 33.8 Å². The molecule has 8 heteroatoms. The number of nitrogens with zero attached hydrogens (tertiary/aromatic N) is 1. The van der Waals surface area contributed by atoms with Gasteiger partial charge in [0.15, 0.2) is 5.96 Å². The zero-order valence-corrected chi connectivity index (χ0v) is 16.4. The molecular formula is C20H25F2N3O3. The quantitative estimate of drug-likeness (QED) is 0.531. The maximum Gasteiger partial charge on any atom is 0.387 e. The molecule has 28 heavy (non-hydrogen) atoms. The van der Waals surface area contributed by atoms with E-state index in [1.807, 2.05) is 25.1 Å². The van der Waals surface area contributed by atoms with Crippen molar-refractivity contribution in [2.24, 2.45) is 4.99 Å². The number of ether oxygens (including phenoxy) is 3. The molecule has 0 aliphatic heterocycles. The van der Waals surface area contributed by atoms with Crippen molar-refractivity contribution in [3.8, 4) is 17.2 Å². The van der Waals surface area contributed by atoms with Crippen LogP contribution in [0.2, 0.25) is 0 Å². The van der Waals surface area contributed by atoms with E-state index in [2.05, 4.69) is 20.4 Å². The molecule has 0 heterocycles. The van der Waals surface area contributed by atoms with Gasteiger partial charge in [-0.15, -0.1) is 0 Å². The Bertz CT molecular complexity index is 813. The molecule has 6 nitrogen and oxygen atoms in total. The summed E-state index contributed by atoms with van der Waals surface area (Å²) in [5, 5.41) is 6.28.